The van der Waals surface area contributed by atoms with Crippen molar-refractivity contribution in [1.82, 2.24) is 5.32 Å². The molecule has 5 aliphatic carbocycles. The first-order valence-corrected chi connectivity index (χ1v) is 25.1. The zero-order valence-electron chi connectivity index (χ0n) is 36.6. The zero-order valence-corrected chi connectivity index (χ0v) is 38.2. The summed E-state index contributed by atoms with van der Waals surface area (Å²) in [6.07, 6.45) is 43.2. The molecule has 1 aromatic heterocycles. The van der Waals surface area contributed by atoms with Crippen molar-refractivity contribution in [1.29, 1.82) is 0 Å². The highest BCUT2D eigenvalue weighted by molar-refractivity contribution is 8.00. The molecule has 61 heavy (non-hydrogen) atoms. The number of methoxy groups -OCH3 is 2. The van der Waals surface area contributed by atoms with Crippen molar-refractivity contribution >= 4 is 34.9 Å². The highest BCUT2D eigenvalue weighted by Gasteiger charge is 2.45. The molecule has 0 radical (unpaired) electrons. The summed E-state index contributed by atoms with van der Waals surface area (Å²) < 4.78 is 11.1. The first-order chi connectivity index (χ1) is 30.1. The number of anilines is 1. The lowest BCUT2D eigenvalue weighted by Gasteiger charge is -2.48. The van der Waals surface area contributed by atoms with Crippen LogP contribution in [0, 0.1) is 35.5 Å². The van der Waals surface area contributed by atoms with E-state index in [2.05, 4.69) is 132 Å². The Balaban J connectivity index is 0.962. The van der Waals surface area contributed by atoms with Gasteiger partial charge in [0.15, 0.2) is 0 Å². The predicted molar refractivity (Wildman–Crippen MR) is 260 cm³/mol. The van der Waals surface area contributed by atoms with Crippen molar-refractivity contribution in [3.8, 4) is 5.75 Å². The number of allylic oxidation sites excluding steroid dienone is 14. The summed E-state index contributed by atoms with van der Waals surface area (Å²) in [4.78, 5) is 5.39. The van der Waals surface area contributed by atoms with Gasteiger partial charge in [-0.05, 0) is 172 Å². The number of ether oxygens (including phenoxy) is 2. The summed E-state index contributed by atoms with van der Waals surface area (Å²) >= 11 is 4.18. The van der Waals surface area contributed by atoms with E-state index in [9.17, 15) is 5.11 Å². The predicted octanol–water partition coefficient (Wildman–Crippen LogP) is 13.3. The number of thioether (sulfide) groups is 1. The molecule has 2 fully saturated rings. The molecule has 5 nitrogen and oxygen atoms in total. The Bertz CT molecular complexity index is 2050. The number of aliphatic hydroxyl groups excluding tert-OH is 1. The Labute approximate surface area is 374 Å². The second kappa shape index (κ2) is 21.6. The van der Waals surface area contributed by atoms with Crippen LogP contribution in [0.5, 0.6) is 5.75 Å². The molecular weight excluding hydrogens is 789 g/mol. The van der Waals surface area contributed by atoms with Crippen LogP contribution in [0.4, 0.5) is 5.69 Å². The number of thiophene rings is 1. The quantitative estimate of drug-likeness (QED) is 0.185. The number of nitrogens with zero attached hydrogens (tertiary/aromatic N) is 1. The van der Waals surface area contributed by atoms with E-state index in [1.807, 2.05) is 17.4 Å². The van der Waals surface area contributed by atoms with Crippen LogP contribution in [0.15, 0.2) is 138 Å². The Morgan fingerprint density at radius 3 is 2.57 bits per heavy atom. The van der Waals surface area contributed by atoms with Gasteiger partial charge in [-0.25, -0.2) is 0 Å². The molecule has 8 rings (SSSR count). The van der Waals surface area contributed by atoms with Crippen LogP contribution < -0.4 is 15.0 Å². The molecular formula is C54H68N2O3S2. The van der Waals surface area contributed by atoms with Gasteiger partial charge in [-0.15, -0.1) is 29.7 Å². The molecule has 1 aliphatic heterocycles. The van der Waals surface area contributed by atoms with Crippen LogP contribution in [0.2, 0.25) is 0 Å². The third-order valence-corrected chi connectivity index (χ3v) is 16.7. The summed E-state index contributed by atoms with van der Waals surface area (Å²) in [7, 11) is 3.50. The number of nitrogens with one attached hydrogen (secondary N) is 1. The largest absolute Gasteiger partial charge is 0.501 e. The van der Waals surface area contributed by atoms with E-state index in [0.717, 1.165) is 56.6 Å². The topological polar surface area (TPSA) is 54.0 Å². The van der Waals surface area contributed by atoms with Crippen molar-refractivity contribution < 1.29 is 14.6 Å². The Hall–Kier alpha value is -3.75. The van der Waals surface area contributed by atoms with Crippen LogP contribution >= 0.6 is 23.1 Å². The zero-order chi connectivity index (χ0) is 42.0. The highest BCUT2D eigenvalue weighted by Crippen LogP contribution is 2.53. The van der Waals surface area contributed by atoms with Gasteiger partial charge < -0.3 is 24.8 Å². The molecule has 324 valence electrons. The average Bonchev–Trinajstić information content (AvgIpc) is 3.83. The molecule has 7 heteroatoms. The van der Waals surface area contributed by atoms with E-state index < -0.39 is 0 Å². The van der Waals surface area contributed by atoms with Crippen molar-refractivity contribution in [2.75, 3.05) is 38.0 Å². The van der Waals surface area contributed by atoms with Crippen LogP contribution in [0.1, 0.15) is 99.1 Å². The molecule has 0 amide bonds. The number of fused-ring (bicyclic) bond motifs is 2. The van der Waals surface area contributed by atoms with E-state index >= 15 is 0 Å². The molecule has 2 heterocycles. The highest BCUT2D eigenvalue weighted by atomic mass is 32.2. The lowest BCUT2D eigenvalue weighted by atomic mass is 9.58. The summed E-state index contributed by atoms with van der Waals surface area (Å²) in [5.74, 6) is 6.71. The monoisotopic (exact) mass is 856 g/mol. The van der Waals surface area contributed by atoms with E-state index in [1.165, 1.54) is 77.5 Å². The summed E-state index contributed by atoms with van der Waals surface area (Å²) in [5.41, 5.74) is 7.23. The van der Waals surface area contributed by atoms with E-state index in [-0.39, 0.29) is 12.5 Å². The van der Waals surface area contributed by atoms with Crippen molar-refractivity contribution in [3.05, 3.63) is 148 Å². The van der Waals surface area contributed by atoms with Gasteiger partial charge in [0.25, 0.3) is 0 Å². The molecule has 0 bridgehead atoms. The summed E-state index contributed by atoms with van der Waals surface area (Å²) in [6.45, 7) is 5.14. The minimum absolute atomic E-state index is 0.162. The molecule has 1 saturated heterocycles. The van der Waals surface area contributed by atoms with Crippen LogP contribution in [0.3, 0.4) is 0 Å². The smallest absolute Gasteiger partial charge is 0.119 e. The van der Waals surface area contributed by atoms with Crippen molar-refractivity contribution in [3.63, 3.8) is 0 Å². The SMILES string of the molecule is C=CC(CO)C/C=C/C1CCCNC(C2=C3C=CC=CC3C(/C=C/c3ccc(C4CC=C(N(C5=CC=C(OC)CC5)c5ccc(OC)cc5)CC4)s3)C3CCCCC23)SCC1. The Kier molecular flexibility index (Phi) is 15.5. The summed E-state index contributed by atoms with van der Waals surface area (Å²) in [5, 5.41) is 14.1. The lowest BCUT2D eigenvalue weighted by molar-refractivity contribution is 0.172. The molecule has 8 unspecified atom stereocenters. The second-order valence-electron chi connectivity index (χ2n) is 17.8. The maximum Gasteiger partial charge on any atom is 0.119 e. The maximum atomic E-state index is 9.60. The number of benzene rings is 1. The normalized spacial score (nSPS) is 28.8. The minimum Gasteiger partial charge on any atom is -0.501 e. The molecule has 1 aromatic carbocycles. The minimum atomic E-state index is 0.162. The van der Waals surface area contributed by atoms with Gasteiger partial charge in [0.05, 0.1) is 25.4 Å². The third-order valence-electron chi connectivity index (χ3n) is 14.3. The fraction of sp³-hybridized carbons (Fsp3) is 0.481. The van der Waals surface area contributed by atoms with Crippen molar-refractivity contribution in [2.45, 2.75) is 94.8 Å². The number of hydrogen-bond donors (Lipinski definition) is 2. The molecule has 2 aromatic rings. The van der Waals surface area contributed by atoms with E-state index in [4.69, 9.17) is 9.47 Å². The molecule has 0 spiro atoms. The van der Waals surface area contributed by atoms with Crippen LogP contribution in [0.25, 0.3) is 6.08 Å². The number of hydrogen-bond acceptors (Lipinski definition) is 7. The fourth-order valence-corrected chi connectivity index (χ4v) is 13.3. The maximum absolute atomic E-state index is 9.60. The van der Waals surface area contributed by atoms with Gasteiger partial charge in [-0.2, -0.15) is 0 Å². The second-order valence-corrected chi connectivity index (χ2v) is 20.2. The van der Waals surface area contributed by atoms with Crippen LogP contribution in [-0.2, 0) is 4.74 Å². The number of aliphatic hydroxyl groups is 1. The molecule has 6 aliphatic rings. The van der Waals surface area contributed by atoms with Gasteiger partial charge in [0, 0.05) is 51.7 Å². The first kappa shape index (κ1) is 43.9. The standard InChI is InChI=1S/C54H68N2O3S2/c1-4-38(37-57)11-9-12-39-13-10-35-55-54(60-36-34-39)53-50-16-7-5-14-47(50)49(48-15-6-8-17-51(48)53)32-30-46-31-33-52(61-46)40-18-20-41(21-19-40)56(42-22-26-44(58-2)27-23-42)43-24-28-45(59-3)29-25-43/h4-5,7,9,12,14,16,20,22-24,26-28,30-33,38-40,47-49,51,54-55,57H,1,6,8,10-11,13,15,17-19,21,25,29,34-37H2,2-3H3/b12-9+,32-30+. The van der Waals surface area contributed by atoms with Gasteiger partial charge in [-0.3, -0.25) is 0 Å². The average molecular weight is 857 g/mol. The van der Waals surface area contributed by atoms with Gasteiger partial charge in [0.2, 0.25) is 0 Å². The first-order valence-electron chi connectivity index (χ1n) is 23.3. The number of rotatable bonds is 14. The van der Waals surface area contributed by atoms with Gasteiger partial charge >= 0.3 is 0 Å². The van der Waals surface area contributed by atoms with Crippen molar-refractivity contribution in [2.24, 2.45) is 35.5 Å². The third kappa shape index (κ3) is 10.6. The van der Waals surface area contributed by atoms with Gasteiger partial charge in [-0.1, -0.05) is 67.5 Å². The lowest BCUT2D eigenvalue weighted by Crippen LogP contribution is -2.43. The Morgan fingerprint density at radius 1 is 0.918 bits per heavy atom. The molecule has 2 N–H and O–H groups in total. The fourth-order valence-electron chi connectivity index (χ4n) is 10.9. The van der Waals surface area contributed by atoms with E-state index in [0.29, 0.717) is 40.9 Å². The molecule has 8 atom stereocenters. The van der Waals surface area contributed by atoms with Crippen LogP contribution in [-0.4, -0.2) is 43.6 Å². The summed E-state index contributed by atoms with van der Waals surface area (Å²) in [6, 6.07) is 13.3. The van der Waals surface area contributed by atoms with E-state index in [1.54, 1.807) is 25.4 Å². The Morgan fingerprint density at radius 2 is 1.80 bits per heavy atom. The van der Waals surface area contributed by atoms with Gasteiger partial charge in [0.1, 0.15) is 5.75 Å². The molecule has 1 saturated carbocycles.